The average Bonchev–Trinajstić information content (AvgIpc) is 3.17. The maximum Gasteiger partial charge on any atom is 0.237 e. The van der Waals surface area contributed by atoms with Gasteiger partial charge in [-0.1, -0.05) is 13.8 Å². The maximum absolute atomic E-state index is 11.9. The predicted octanol–water partition coefficient (Wildman–Crippen LogP) is 1.37. The summed E-state index contributed by atoms with van der Waals surface area (Å²) in [6.07, 6.45) is 3.03. The molecular weight excluding hydrogens is 266 g/mol. The Bertz CT molecular complexity index is 331. The zero-order valence-electron chi connectivity index (χ0n) is 14.3. The molecule has 0 heterocycles. The van der Waals surface area contributed by atoms with Crippen LogP contribution < -0.4 is 11.1 Å². The normalized spacial score (nSPS) is 19.8. The molecule has 1 fully saturated rings. The SMILES string of the molecule is COCCN(CC(C)C)C(C)CC(C)(NC1CC1)C(N)=O. The molecule has 3 N–H and O–H groups in total. The fourth-order valence-corrected chi connectivity index (χ4v) is 2.80. The Balaban J connectivity index is 2.66. The van der Waals surface area contributed by atoms with Gasteiger partial charge in [-0.3, -0.25) is 9.69 Å². The lowest BCUT2D eigenvalue weighted by molar-refractivity contribution is -0.124. The van der Waals surface area contributed by atoms with Gasteiger partial charge in [-0.15, -0.1) is 0 Å². The van der Waals surface area contributed by atoms with Crippen LogP contribution in [0.1, 0.15) is 47.0 Å². The molecule has 5 heteroatoms. The number of methoxy groups -OCH3 is 1. The lowest BCUT2D eigenvalue weighted by Gasteiger charge is -2.37. The number of hydrogen-bond donors (Lipinski definition) is 2. The first-order chi connectivity index (χ1) is 9.78. The van der Waals surface area contributed by atoms with Gasteiger partial charge in [0.2, 0.25) is 5.91 Å². The summed E-state index contributed by atoms with van der Waals surface area (Å²) in [6.45, 7) is 11.1. The van der Waals surface area contributed by atoms with E-state index in [2.05, 4.69) is 31.0 Å². The first kappa shape index (κ1) is 18.4. The summed E-state index contributed by atoms with van der Waals surface area (Å²) in [7, 11) is 1.72. The molecule has 0 radical (unpaired) electrons. The van der Waals surface area contributed by atoms with Crippen molar-refractivity contribution in [2.24, 2.45) is 11.7 Å². The van der Waals surface area contributed by atoms with Gasteiger partial charge >= 0.3 is 0 Å². The Kier molecular flexibility index (Phi) is 7.10. The molecule has 124 valence electrons. The summed E-state index contributed by atoms with van der Waals surface area (Å²) in [6, 6.07) is 0.749. The highest BCUT2D eigenvalue weighted by Gasteiger charge is 2.38. The summed E-state index contributed by atoms with van der Waals surface area (Å²) in [5.74, 6) is 0.332. The molecule has 0 saturated heterocycles. The van der Waals surface area contributed by atoms with Crippen molar-refractivity contribution in [1.29, 1.82) is 0 Å². The van der Waals surface area contributed by atoms with E-state index in [-0.39, 0.29) is 11.9 Å². The van der Waals surface area contributed by atoms with Crippen molar-refractivity contribution in [2.75, 3.05) is 26.8 Å². The molecule has 0 aromatic rings. The molecule has 1 saturated carbocycles. The molecule has 21 heavy (non-hydrogen) atoms. The number of carbonyl (C=O) groups is 1. The quantitative estimate of drug-likeness (QED) is 0.604. The van der Waals surface area contributed by atoms with E-state index in [9.17, 15) is 4.79 Å². The van der Waals surface area contributed by atoms with Crippen LogP contribution in [0.25, 0.3) is 0 Å². The number of rotatable bonds is 11. The van der Waals surface area contributed by atoms with Crippen LogP contribution >= 0.6 is 0 Å². The number of ether oxygens (including phenoxy) is 1. The standard InChI is InChI=1S/C16H33N3O2/c1-12(2)11-19(8-9-21-5)13(3)10-16(4,15(17)20)18-14-6-7-14/h12-14,18H,6-11H2,1-5H3,(H2,17,20). The summed E-state index contributed by atoms with van der Waals surface area (Å²) in [5.41, 5.74) is 5.03. The molecule has 2 atom stereocenters. The monoisotopic (exact) mass is 299 g/mol. The molecule has 0 spiro atoms. The number of nitrogens with two attached hydrogens (primary N) is 1. The summed E-state index contributed by atoms with van der Waals surface area (Å²) < 4.78 is 5.21. The number of amides is 1. The van der Waals surface area contributed by atoms with Crippen LogP contribution in [0.15, 0.2) is 0 Å². The molecule has 0 aromatic heterocycles. The van der Waals surface area contributed by atoms with Crippen LogP contribution in [0, 0.1) is 5.92 Å². The van der Waals surface area contributed by atoms with E-state index >= 15 is 0 Å². The Morgan fingerprint density at radius 2 is 2.05 bits per heavy atom. The van der Waals surface area contributed by atoms with Crippen molar-refractivity contribution in [3.05, 3.63) is 0 Å². The molecule has 0 aromatic carbocycles. The molecule has 0 aliphatic heterocycles. The van der Waals surface area contributed by atoms with Crippen LogP contribution in [0.2, 0.25) is 0 Å². The second kappa shape index (κ2) is 8.11. The molecule has 5 nitrogen and oxygen atoms in total. The van der Waals surface area contributed by atoms with Gasteiger partial charge in [-0.25, -0.2) is 0 Å². The van der Waals surface area contributed by atoms with E-state index in [4.69, 9.17) is 10.5 Å². The van der Waals surface area contributed by atoms with Crippen molar-refractivity contribution in [3.63, 3.8) is 0 Å². The summed E-state index contributed by atoms with van der Waals surface area (Å²) in [5, 5.41) is 3.43. The van der Waals surface area contributed by atoms with Gasteiger partial charge in [-0.2, -0.15) is 0 Å². The first-order valence-corrected chi connectivity index (χ1v) is 8.09. The van der Waals surface area contributed by atoms with Crippen molar-refractivity contribution in [3.8, 4) is 0 Å². The Labute approximate surface area is 129 Å². The van der Waals surface area contributed by atoms with Crippen LogP contribution in [-0.2, 0) is 9.53 Å². The maximum atomic E-state index is 11.9. The second-order valence-electron chi connectivity index (χ2n) is 7.05. The third kappa shape index (κ3) is 6.32. The minimum Gasteiger partial charge on any atom is -0.383 e. The average molecular weight is 299 g/mol. The highest BCUT2D eigenvalue weighted by Crippen LogP contribution is 2.26. The largest absolute Gasteiger partial charge is 0.383 e. The zero-order chi connectivity index (χ0) is 16.0. The predicted molar refractivity (Wildman–Crippen MR) is 86.1 cm³/mol. The number of nitrogens with zero attached hydrogens (tertiary/aromatic N) is 1. The lowest BCUT2D eigenvalue weighted by atomic mass is 9.91. The third-order valence-corrected chi connectivity index (χ3v) is 4.15. The van der Waals surface area contributed by atoms with Gasteiger partial charge in [0.05, 0.1) is 12.1 Å². The van der Waals surface area contributed by atoms with Crippen LogP contribution in [-0.4, -0.2) is 55.2 Å². The fourth-order valence-electron chi connectivity index (χ4n) is 2.80. The Hall–Kier alpha value is -0.650. The van der Waals surface area contributed by atoms with Gasteiger partial charge in [0.25, 0.3) is 0 Å². The highest BCUT2D eigenvalue weighted by molar-refractivity contribution is 5.84. The summed E-state index contributed by atoms with van der Waals surface area (Å²) >= 11 is 0. The second-order valence-corrected chi connectivity index (χ2v) is 7.05. The molecular formula is C16H33N3O2. The first-order valence-electron chi connectivity index (χ1n) is 8.09. The van der Waals surface area contributed by atoms with E-state index in [0.717, 1.165) is 32.4 Å². The van der Waals surface area contributed by atoms with Crippen molar-refractivity contribution < 1.29 is 9.53 Å². The highest BCUT2D eigenvalue weighted by atomic mass is 16.5. The van der Waals surface area contributed by atoms with Crippen LogP contribution in [0.3, 0.4) is 0 Å². The van der Waals surface area contributed by atoms with Gasteiger partial charge in [-0.05, 0) is 39.0 Å². The van der Waals surface area contributed by atoms with E-state index in [1.807, 2.05) is 6.92 Å². The number of hydrogen-bond acceptors (Lipinski definition) is 4. The van der Waals surface area contributed by atoms with E-state index in [0.29, 0.717) is 18.6 Å². The van der Waals surface area contributed by atoms with Crippen molar-refractivity contribution >= 4 is 5.91 Å². The van der Waals surface area contributed by atoms with E-state index < -0.39 is 5.54 Å². The third-order valence-electron chi connectivity index (χ3n) is 4.15. The minimum absolute atomic E-state index is 0.252. The Morgan fingerprint density at radius 3 is 2.48 bits per heavy atom. The van der Waals surface area contributed by atoms with Crippen molar-refractivity contribution in [1.82, 2.24) is 10.2 Å². The molecule has 1 rings (SSSR count). The van der Waals surface area contributed by atoms with Crippen LogP contribution in [0.4, 0.5) is 0 Å². The molecule has 1 amide bonds. The molecule has 1 aliphatic rings. The number of primary amides is 1. The van der Waals surface area contributed by atoms with Crippen molar-refractivity contribution in [2.45, 2.75) is 64.6 Å². The van der Waals surface area contributed by atoms with Gasteiger partial charge in [0.1, 0.15) is 0 Å². The lowest BCUT2D eigenvalue weighted by Crippen LogP contribution is -2.57. The fraction of sp³-hybridized carbons (Fsp3) is 0.938. The van der Waals surface area contributed by atoms with Gasteiger partial charge < -0.3 is 15.8 Å². The number of carbonyl (C=O) groups excluding carboxylic acids is 1. The minimum atomic E-state index is -0.622. The Morgan fingerprint density at radius 1 is 1.43 bits per heavy atom. The van der Waals surface area contributed by atoms with E-state index in [1.54, 1.807) is 7.11 Å². The van der Waals surface area contributed by atoms with Crippen LogP contribution in [0.5, 0.6) is 0 Å². The zero-order valence-corrected chi connectivity index (χ0v) is 14.3. The smallest absolute Gasteiger partial charge is 0.237 e. The molecule has 2 unspecified atom stereocenters. The van der Waals surface area contributed by atoms with Gasteiger partial charge in [0, 0.05) is 32.3 Å². The van der Waals surface area contributed by atoms with Gasteiger partial charge in [0.15, 0.2) is 0 Å². The number of nitrogens with one attached hydrogen (secondary N) is 1. The molecule has 0 bridgehead atoms. The summed E-state index contributed by atoms with van der Waals surface area (Å²) in [4.78, 5) is 14.3. The van der Waals surface area contributed by atoms with E-state index in [1.165, 1.54) is 0 Å². The topological polar surface area (TPSA) is 67.6 Å². The molecule has 1 aliphatic carbocycles.